The Balaban J connectivity index is 2.19. The molecule has 0 aromatic carbocycles. The van der Waals surface area contributed by atoms with Gasteiger partial charge >= 0.3 is 0 Å². The van der Waals surface area contributed by atoms with Crippen LogP contribution < -0.4 is 15.5 Å². The van der Waals surface area contributed by atoms with Crippen LogP contribution in [0.25, 0.3) is 0 Å². The molecule has 0 atom stereocenters. The van der Waals surface area contributed by atoms with Crippen LogP contribution in [0.3, 0.4) is 0 Å². The van der Waals surface area contributed by atoms with E-state index in [9.17, 15) is 0 Å². The number of aryl methyl sites for hydroxylation is 1. The summed E-state index contributed by atoms with van der Waals surface area (Å²) in [5, 5.41) is 6.49. The summed E-state index contributed by atoms with van der Waals surface area (Å²) in [5.41, 5.74) is 1.14. The SMILES string of the molecule is CCNc1ncc(C)c(N2CCNCC2)n1. The Labute approximate surface area is 96.3 Å². The minimum Gasteiger partial charge on any atom is -0.354 e. The van der Waals surface area contributed by atoms with Gasteiger partial charge < -0.3 is 15.5 Å². The summed E-state index contributed by atoms with van der Waals surface area (Å²) in [6, 6.07) is 0. The lowest BCUT2D eigenvalue weighted by atomic mass is 10.3. The molecule has 1 aliphatic rings. The predicted octanol–water partition coefficient (Wildman–Crippen LogP) is 0.626. The third-order valence-electron chi connectivity index (χ3n) is 2.70. The number of rotatable bonds is 3. The van der Waals surface area contributed by atoms with E-state index in [0.29, 0.717) is 0 Å². The zero-order valence-electron chi connectivity index (χ0n) is 9.95. The van der Waals surface area contributed by atoms with Gasteiger partial charge in [0, 0.05) is 44.5 Å². The maximum Gasteiger partial charge on any atom is 0.224 e. The van der Waals surface area contributed by atoms with Crippen molar-refractivity contribution < 1.29 is 0 Å². The molecule has 0 amide bonds. The van der Waals surface area contributed by atoms with Gasteiger partial charge in [0.05, 0.1) is 0 Å². The molecule has 1 fully saturated rings. The van der Waals surface area contributed by atoms with E-state index in [1.54, 1.807) is 0 Å². The van der Waals surface area contributed by atoms with E-state index in [1.165, 1.54) is 0 Å². The highest BCUT2D eigenvalue weighted by Gasteiger charge is 2.14. The number of aromatic nitrogens is 2. The summed E-state index contributed by atoms with van der Waals surface area (Å²) < 4.78 is 0. The highest BCUT2D eigenvalue weighted by atomic mass is 15.3. The second kappa shape index (κ2) is 5.12. The highest BCUT2D eigenvalue weighted by molar-refractivity contribution is 5.49. The first-order chi connectivity index (χ1) is 7.81. The van der Waals surface area contributed by atoms with Crippen LogP contribution >= 0.6 is 0 Å². The van der Waals surface area contributed by atoms with Gasteiger partial charge in [-0.15, -0.1) is 0 Å². The van der Waals surface area contributed by atoms with Crippen LogP contribution in [0.15, 0.2) is 6.20 Å². The number of anilines is 2. The van der Waals surface area contributed by atoms with Crippen molar-refractivity contribution in [1.29, 1.82) is 0 Å². The first-order valence-electron chi connectivity index (χ1n) is 5.84. The van der Waals surface area contributed by atoms with Crippen molar-refractivity contribution in [1.82, 2.24) is 15.3 Å². The first-order valence-corrected chi connectivity index (χ1v) is 5.84. The van der Waals surface area contributed by atoms with Gasteiger partial charge in [-0.05, 0) is 13.8 Å². The monoisotopic (exact) mass is 221 g/mol. The molecule has 2 N–H and O–H groups in total. The van der Waals surface area contributed by atoms with Crippen LogP contribution in [0.4, 0.5) is 11.8 Å². The third-order valence-corrected chi connectivity index (χ3v) is 2.70. The van der Waals surface area contributed by atoms with E-state index in [-0.39, 0.29) is 0 Å². The Hall–Kier alpha value is -1.36. The van der Waals surface area contributed by atoms with E-state index in [2.05, 4.69) is 32.4 Å². The fourth-order valence-electron chi connectivity index (χ4n) is 1.87. The number of nitrogens with one attached hydrogen (secondary N) is 2. The Bertz CT molecular complexity index is 346. The van der Waals surface area contributed by atoms with Crippen molar-refractivity contribution >= 4 is 11.8 Å². The van der Waals surface area contributed by atoms with Gasteiger partial charge in [-0.2, -0.15) is 4.98 Å². The van der Waals surface area contributed by atoms with Crippen molar-refractivity contribution in [2.75, 3.05) is 42.9 Å². The third kappa shape index (κ3) is 2.41. The van der Waals surface area contributed by atoms with Crippen molar-refractivity contribution in [2.24, 2.45) is 0 Å². The molecule has 1 aromatic heterocycles. The van der Waals surface area contributed by atoms with Crippen molar-refractivity contribution in [3.8, 4) is 0 Å². The van der Waals surface area contributed by atoms with Crippen LogP contribution in [0.2, 0.25) is 0 Å². The molecule has 0 saturated carbocycles. The summed E-state index contributed by atoms with van der Waals surface area (Å²) in [6.07, 6.45) is 1.89. The van der Waals surface area contributed by atoms with Gasteiger partial charge in [0.25, 0.3) is 0 Å². The maximum atomic E-state index is 4.56. The van der Waals surface area contributed by atoms with Crippen LogP contribution in [0, 0.1) is 6.92 Å². The standard InChI is InChI=1S/C11H19N5/c1-3-13-11-14-8-9(2)10(15-11)16-6-4-12-5-7-16/h8,12H,3-7H2,1-2H3,(H,13,14,15). The molecule has 16 heavy (non-hydrogen) atoms. The van der Waals surface area contributed by atoms with E-state index in [4.69, 9.17) is 0 Å². The van der Waals surface area contributed by atoms with Gasteiger partial charge in [-0.1, -0.05) is 0 Å². The van der Waals surface area contributed by atoms with Crippen molar-refractivity contribution in [3.63, 3.8) is 0 Å². The number of nitrogens with zero attached hydrogens (tertiary/aromatic N) is 3. The molecule has 0 bridgehead atoms. The second-order valence-corrected chi connectivity index (χ2v) is 3.97. The zero-order chi connectivity index (χ0) is 11.4. The molecule has 0 aliphatic carbocycles. The second-order valence-electron chi connectivity index (χ2n) is 3.97. The number of hydrogen-bond donors (Lipinski definition) is 2. The lowest BCUT2D eigenvalue weighted by Crippen LogP contribution is -2.44. The fourth-order valence-corrected chi connectivity index (χ4v) is 1.87. The molecule has 2 heterocycles. The minimum absolute atomic E-state index is 0.724. The summed E-state index contributed by atoms with van der Waals surface area (Å²) in [4.78, 5) is 11.1. The normalized spacial score (nSPS) is 16.2. The van der Waals surface area contributed by atoms with Crippen LogP contribution in [-0.2, 0) is 0 Å². The van der Waals surface area contributed by atoms with E-state index in [0.717, 1.165) is 50.1 Å². The summed E-state index contributed by atoms with van der Waals surface area (Å²) in [7, 11) is 0. The molecule has 0 unspecified atom stereocenters. The smallest absolute Gasteiger partial charge is 0.224 e. The summed E-state index contributed by atoms with van der Waals surface area (Å²) >= 11 is 0. The summed E-state index contributed by atoms with van der Waals surface area (Å²) in [6.45, 7) is 9.05. The largest absolute Gasteiger partial charge is 0.354 e. The summed E-state index contributed by atoms with van der Waals surface area (Å²) in [5.74, 6) is 1.79. The number of piperazine rings is 1. The molecule has 0 spiro atoms. The lowest BCUT2D eigenvalue weighted by Gasteiger charge is -2.29. The van der Waals surface area contributed by atoms with E-state index in [1.807, 2.05) is 13.1 Å². The molecule has 5 heteroatoms. The van der Waals surface area contributed by atoms with Crippen molar-refractivity contribution in [3.05, 3.63) is 11.8 Å². The van der Waals surface area contributed by atoms with Crippen LogP contribution in [-0.4, -0.2) is 42.7 Å². The molecule has 1 aliphatic heterocycles. The van der Waals surface area contributed by atoms with E-state index < -0.39 is 0 Å². The molecule has 1 aromatic rings. The quantitative estimate of drug-likeness (QED) is 0.784. The molecule has 0 radical (unpaired) electrons. The molecular weight excluding hydrogens is 202 g/mol. The topological polar surface area (TPSA) is 53.1 Å². The molecule has 2 rings (SSSR count). The first kappa shape index (κ1) is 11.1. The highest BCUT2D eigenvalue weighted by Crippen LogP contribution is 2.18. The van der Waals surface area contributed by atoms with Gasteiger partial charge in [-0.25, -0.2) is 4.98 Å². The molecule has 88 valence electrons. The van der Waals surface area contributed by atoms with Crippen LogP contribution in [0.5, 0.6) is 0 Å². The predicted molar refractivity (Wildman–Crippen MR) is 66.0 cm³/mol. The van der Waals surface area contributed by atoms with Gasteiger partial charge in [0.1, 0.15) is 5.82 Å². The molecule has 1 saturated heterocycles. The number of hydrogen-bond acceptors (Lipinski definition) is 5. The maximum absolute atomic E-state index is 4.56. The Kier molecular flexibility index (Phi) is 3.56. The average molecular weight is 221 g/mol. The molecule has 5 nitrogen and oxygen atoms in total. The van der Waals surface area contributed by atoms with E-state index >= 15 is 0 Å². The lowest BCUT2D eigenvalue weighted by molar-refractivity contribution is 0.583. The average Bonchev–Trinajstić information content (AvgIpc) is 2.33. The van der Waals surface area contributed by atoms with Gasteiger partial charge in [0.2, 0.25) is 5.95 Å². The fraction of sp³-hybridized carbons (Fsp3) is 0.636. The van der Waals surface area contributed by atoms with Gasteiger partial charge in [0.15, 0.2) is 0 Å². The van der Waals surface area contributed by atoms with Crippen LogP contribution in [0.1, 0.15) is 12.5 Å². The van der Waals surface area contributed by atoms with Gasteiger partial charge in [-0.3, -0.25) is 0 Å². The Morgan fingerprint density at radius 3 is 2.88 bits per heavy atom. The zero-order valence-corrected chi connectivity index (χ0v) is 9.95. The molecular formula is C11H19N5. The Morgan fingerprint density at radius 1 is 1.44 bits per heavy atom. The Morgan fingerprint density at radius 2 is 2.19 bits per heavy atom. The van der Waals surface area contributed by atoms with Crippen molar-refractivity contribution in [2.45, 2.75) is 13.8 Å². The minimum atomic E-state index is 0.724.